The van der Waals surface area contributed by atoms with Gasteiger partial charge in [0, 0.05) is 0 Å². The van der Waals surface area contributed by atoms with E-state index in [0.29, 0.717) is 12.8 Å². The number of carbonyl (C=O) groups is 2. The topological polar surface area (TPSA) is 86.6 Å². The molecule has 0 saturated heterocycles. The molecular weight excluding hydrogens is 258 g/mol. The van der Waals surface area contributed by atoms with Gasteiger partial charge < -0.3 is 15.5 Å². The molecule has 0 bridgehead atoms. The van der Waals surface area contributed by atoms with Crippen molar-refractivity contribution < 1.29 is 19.8 Å². The molecule has 0 aliphatic carbocycles. The largest absolute Gasteiger partial charge is 0.480 e. The molecule has 5 heteroatoms. The number of rotatable bonds is 10. The molecule has 1 atom stereocenters. The fraction of sp³-hybridized carbons (Fsp3) is 0.733. The summed E-state index contributed by atoms with van der Waals surface area (Å²) in [6.07, 6.45) is 6.29. The lowest BCUT2D eigenvalue weighted by Crippen LogP contribution is -2.44. The third-order valence-corrected chi connectivity index (χ3v) is 3.16. The second-order valence-corrected chi connectivity index (χ2v) is 5.16. The maximum Gasteiger partial charge on any atom is 0.326 e. The summed E-state index contributed by atoms with van der Waals surface area (Å²) in [5.74, 6) is -1.47. The smallest absolute Gasteiger partial charge is 0.326 e. The van der Waals surface area contributed by atoms with Gasteiger partial charge in [-0.05, 0) is 26.2 Å². The summed E-state index contributed by atoms with van der Waals surface area (Å²) < 4.78 is 0. The zero-order chi connectivity index (χ0) is 15.6. The van der Waals surface area contributed by atoms with E-state index in [4.69, 9.17) is 5.11 Å². The zero-order valence-electron chi connectivity index (χ0n) is 12.7. The van der Waals surface area contributed by atoms with Crippen molar-refractivity contribution in [1.29, 1.82) is 0 Å². The van der Waals surface area contributed by atoms with Crippen LogP contribution in [0.1, 0.15) is 59.3 Å². The van der Waals surface area contributed by atoms with Crippen LogP contribution in [0.25, 0.3) is 0 Å². The molecule has 0 aromatic rings. The number of allylic oxidation sites excluding steroid dienone is 1. The minimum atomic E-state index is -1.06. The Bertz CT molecular complexity index is 333. The molecule has 0 aromatic carbocycles. The second kappa shape index (κ2) is 9.53. The fourth-order valence-corrected chi connectivity index (χ4v) is 2.27. The monoisotopic (exact) mass is 285 g/mol. The number of nitrogens with one attached hydrogen (secondary N) is 1. The normalized spacial score (nSPS) is 13.4. The van der Waals surface area contributed by atoms with Crippen molar-refractivity contribution in [3.63, 3.8) is 0 Å². The first-order valence-electron chi connectivity index (χ1n) is 7.24. The molecule has 0 aromatic heterocycles. The van der Waals surface area contributed by atoms with Crippen molar-refractivity contribution in [1.82, 2.24) is 5.32 Å². The Kier molecular flexibility index (Phi) is 8.88. The van der Waals surface area contributed by atoms with Crippen molar-refractivity contribution in [2.45, 2.75) is 70.9 Å². The highest BCUT2D eigenvalue weighted by Gasteiger charge is 2.29. The lowest BCUT2D eigenvalue weighted by Gasteiger charge is -2.27. The molecular formula is C15H27NO4. The minimum absolute atomic E-state index is 0.0473. The quantitative estimate of drug-likeness (QED) is 0.537. The number of amides is 1. The summed E-state index contributed by atoms with van der Waals surface area (Å²) in [5, 5.41) is 21.9. The second-order valence-electron chi connectivity index (χ2n) is 5.16. The van der Waals surface area contributed by atoms with Gasteiger partial charge in [-0.15, -0.1) is 0 Å². The zero-order valence-corrected chi connectivity index (χ0v) is 12.7. The average molecular weight is 285 g/mol. The average Bonchev–Trinajstić information content (AvgIpc) is 2.34. The van der Waals surface area contributed by atoms with Crippen LogP contribution in [-0.2, 0) is 9.59 Å². The van der Waals surface area contributed by atoms with Gasteiger partial charge in [-0.2, -0.15) is 0 Å². The summed E-state index contributed by atoms with van der Waals surface area (Å²) in [7, 11) is 0. The van der Waals surface area contributed by atoms with E-state index in [2.05, 4.69) is 5.32 Å². The highest BCUT2D eigenvalue weighted by molar-refractivity contribution is 5.84. The van der Waals surface area contributed by atoms with Crippen LogP contribution < -0.4 is 5.32 Å². The van der Waals surface area contributed by atoms with Crippen LogP contribution in [0.3, 0.4) is 0 Å². The van der Waals surface area contributed by atoms with Crippen molar-refractivity contribution in [2.75, 3.05) is 0 Å². The molecule has 0 aliphatic heterocycles. The molecule has 0 radical (unpaired) electrons. The van der Waals surface area contributed by atoms with Gasteiger partial charge in [0.1, 0.15) is 6.04 Å². The Balaban J connectivity index is 4.59. The van der Waals surface area contributed by atoms with E-state index in [9.17, 15) is 14.7 Å². The summed E-state index contributed by atoms with van der Waals surface area (Å²) in [6, 6.07) is -0.939. The molecule has 20 heavy (non-hydrogen) atoms. The van der Waals surface area contributed by atoms with Gasteiger partial charge in [0.15, 0.2) is 0 Å². The number of aliphatic hydroxyl groups is 1. The van der Waals surface area contributed by atoms with Crippen LogP contribution in [0.5, 0.6) is 0 Å². The predicted octanol–water partition coefficient (Wildman–Crippen LogP) is 2.24. The summed E-state index contributed by atoms with van der Waals surface area (Å²) in [6.45, 7) is 5.69. The van der Waals surface area contributed by atoms with Crippen LogP contribution in [0.4, 0.5) is 0 Å². The number of hydrogen-bond donors (Lipinski definition) is 3. The van der Waals surface area contributed by atoms with Crippen LogP contribution >= 0.6 is 0 Å². The Morgan fingerprint density at radius 2 is 1.80 bits per heavy atom. The number of hydrogen-bond acceptors (Lipinski definition) is 3. The lowest BCUT2D eigenvalue weighted by molar-refractivity contribution is -0.142. The van der Waals surface area contributed by atoms with Gasteiger partial charge in [0.2, 0.25) is 5.91 Å². The van der Waals surface area contributed by atoms with Crippen molar-refractivity contribution in [3.05, 3.63) is 12.2 Å². The van der Waals surface area contributed by atoms with E-state index in [0.717, 1.165) is 12.8 Å². The number of carbonyl (C=O) groups excluding carboxylic acids is 1. The third kappa shape index (κ3) is 7.28. The first-order chi connectivity index (χ1) is 9.38. The molecule has 5 nitrogen and oxygen atoms in total. The molecule has 0 aliphatic rings. The van der Waals surface area contributed by atoms with Gasteiger partial charge in [-0.3, -0.25) is 4.79 Å². The Morgan fingerprint density at radius 3 is 2.20 bits per heavy atom. The fourth-order valence-electron chi connectivity index (χ4n) is 2.27. The van der Waals surface area contributed by atoms with Gasteiger partial charge in [0.05, 0.1) is 12.0 Å². The molecule has 1 unspecified atom stereocenters. The van der Waals surface area contributed by atoms with Crippen LogP contribution in [-0.4, -0.2) is 33.7 Å². The van der Waals surface area contributed by atoms with Gasteiger partial charge in [-0.25, -0.2) is 4.79 Å². The molecule has 3 N–H and O–H groups in total. The lowest BCUT2D eigenvalue weighted by atomic mass is 9.89. The first kappa shape index (κ1) is 18.6. The van der Waals surface area contributed by atoms with Gasteiger partial charge >= 0.3 is 5.97 Å². The maximum absolute atomic E-state index is 11.9. The van der Waals surface area contributed by atoms with Crippen molar-refractivity contribution in [2.24, 2.45) is 0 Å². The standard InChI is InChI=1S/C15H27NO4/c1-4-7-8-12(14(18)19)16-13(17)11-15(20,9-5-2)10-6-3/h4,7,12,20H,5-6,8-11H2,1-3H3,(H,16,17)(H,18,19)/b7-4+. The number of aliphatic carboxylic acids is 1. The van der Waals surface area contributed by atoms with Crippen LogP contribution in [0.2, 0.25) is 0 Å². The molecule has 1 amide bonds. The number of carboxylic acid groups (broad SMARTS) is 1. The summed E-state index contributed by atoms with van der Waals surface area (Å²) in [4.78, 5) is 23.0. The molecule has 0 heterocycles. The van der Waals surface area contributed by atoms with Crippen LogP contribution in [0.15, 0.2) is 12.2 Å². The summed E-state index contributed by atoms with van der Waals surface area (Å²) >= 11 is 0. The number of carboxylic acids is 1. The minimum Gasteiger partial charge on any atom is -0.480 e. The van der Waals surface area contributed by atoms with E-state index >= 15 is 0 Å². The molecule has 0 fully saturated rings. The Labute approximate surface area is 121 Å². The van der Waals surface area contributed by atoms with E-state index in [-0.39, 0.29) is 12.8 Å². The van der Waals surface area contributed by atoms with Crippen molar-refractivity contribution >= 4 is 11.9 Å². The maximum atomic E-state index is 11.9. The van der Waals surface area contributed by atoms with Crippen molar-refractivity contribution in [3.8, 4) is 0 Å². The molecule has 116 valence electrons. The summed E-state index contributed by atoms with van der Waals surface area (Å²) in [5.41, 5.74) is -1.03. The van der Waals surface area contributed by atoms with E-state index in [1.165, 1.54) is 0 Å². The molecule has 0 rings (SSSR count). The SMILES string of the molecule is C/C=C/CC(NC(=O)CC(O)(CCC)CCC)C(=O)O. The first-order valence-corrected chi connectivity index (χ1v) is 7.24. The Hall–Kier alpha value is -1.36. The third-order valence-electron chi connectivity index (χ3n) is 3.16. The predicted molar refractivity (Wildman–Crippen MR) is 78.4 cm³/mol. The highest BCUT2D eigenvalue weighted by Crippen LogP contribution is 2.23. The highest BCUT2D eigenvalue weighted by atomic mass is 16.4. The molecule has 0 spiro atoms. The van der Waals surface area contributed by atoms with E-state index in [1.807, 2.05) is 13.8 Å². The van der Waals surface area contributed by atoms with Crippen LogP contribution in [0, 0.1) is 0 Å². The van der Waals surface area contributed by atoms with E-state index < -0.39 is 23.5 Å². The van der Waals surface area contributed by atoms with E-state index in [1.54, 1.807) is 19.1 Å². The molecule has 0 saturated carbocycles. The van der Waals surface area contributed by atoms with Gasteiger partial charge in [0.25, 0.3) is 0 Å². The Morgan fingerprint density at radius 1 is 1.25 bits per heavy atom. The van der Waals surface area contributed by atoms with Gasteiger partial charge in [-0.1, -0.05) is 38.8 Å².